The van der Waals surface area contributed by atoms with Gasteiger partial charge >= 0.3 is 5.97 Å². The van der Waals surface area contributed by atoms with Gasteiger partial charge in [-0.3, -0.25) is 9.78 Å². The normalized spacial score (nSPS) is 18.1. The summed E-state index contributed by atoms with van der Waals surface area (Å²) >= 11 is 0. The Morgan fingerprint density at radius 1 is 1.41 bits per heavy atom. The first-order valence-electron chi connectivity index (χ1n) is 7.95. The average Bonchev–Trinajstić information content (AvgIpc) is 2.48. The minimum absolute atomic E-state index is 0.201. The number of carbonyl (C=O) groups excluding carboxylic acids is 1. The van der Waals surface area contributed by atoms with Crippen LogP contribution < -0.4 is 5.32 Å². The molecule has 0 aromatic carbocycles. The third kappa shape index (κ3) is 8.74. The van der Waals surface area contributed by atoms with E-state index >= 15 is 0 Å². The highest BCUT2D eigenvalue weighted by Crippen LogP contribution is 2.21. The van der Waals surface area contributed by atoms with Crippen molar-refractivity contribution in [3.05, 3.63) is 30.1 Å². The van der Waals surface area contributed by atoms with Gasteiger partial charge in [0.05, 0.1) is 21.1 Å². The average molecular weight is 308 g/mol. The van der Waals surface area contributed by atoms with Crippen LogP contribution in [-0.4, -0.2) is 56.3 Å². The van der Waals surface area contributed by atoms with E-state index in [9.17, 15) is 4.79 Å². The van der Waals surface area contributed by atoms with Crippen LogP contribution in [0.15, 0.2) is 24.5 Å². The Balaban J connectivity index is 0.000000225. The van der Waals surface area contributed by atoms with E-state index in [2.05, 4.69) is 37.5 Å². The molecule has 1 saturated heterocycles. The van der Waals surface area contributed by atoms with Gasteiger partial charge < -0.3 is 14.5 Å². The first-order valence-corrected chi connectivity index (χ1v) is 7.95. The fourth-order valence-corrected chi connectivity index (χ4v) is 2.18. The van der Waals surface area contributed by atoms with Crippen LogP contribution in [0.5, 0.6) is 0 Å². The highest BCUT2D eigenvalue weighted by molar-refractivity contribution is 5.65. The van der Waals surface area contributed by atoms with Gasteiger partial charge in [-0.05, 0) is 31.0 Å². The zero-order valence-electron chi connectivity index (χ0n) is 14.3. The number of aromatic nitrogens is 1. The van der Waals surface area contributed by atoms with E-state index in [1.54, 1.807) is 0 Å². The summed E-state index contributed by atoms with van der Waals surface area (Å²) in [5.41, 5.74) is 1.33. The topological polar surface area (TPSA) is 51.2 Å². The molecule has 1 aromatic heterocycles. The fraction of sp³-hybridized carbons (Fsp3) is 0.647. The summed E-state index contributed by atoms with van der Waals surface area (Å²) < 4.78 is 5.59. The molecule has 0 radical (unpaired) electrons. The Labute approximate surface area is 134 Å². The lowest BCUT2D eigenvalue weighted by atomic mass is 9.99. The number of quaternary nitrogens is 1. The molecule has 1 aromatic rings. The number of likely N-dealkylation sites (N-methyl/N-ethyl adjacent to an activating group) is 1. The summed E-state index contributed by atoms with van der Waals surface area (Å²) in [6, 6.07) is 4.70. The number of esters is 1. The van der Waals surface area contributed by atoms with Crippen LogP contribution >= 0.6 is 0 Å². The number of hydrogen-bond donors (Lipinski definition) is 1. The number of rotatable bonds is 4. The van der Waals surface area contributed by atoms with Crippen molar-refractivity contribution < 1.29 is 14.0 Å². The Hall–Kier alpha value is -1.46. The molecule has 5 nitrogen and oxygen atoms in total. The van der Waals surface area contributed by atoms with E-state index in [-0.39, 0.29) is 5.97 Å². The van der Waals surface area contributed by atoms with Crippen molar-refractivity contribution in [2.45, 2.75) is 32.2 Å². The number of nitrogens with zero attached hydrogens (tertiary/aromatic N) is 2. The van der Waals surface area contributed by atoms with Gasteiger partial charge in [0.15, 0.2) is 0 Å². The monoisotopic (exact) mass is 308 g/mol. The fourth-order valence-electron chi connectivity index (χ4n) is 2.18. The molecule has 1 N–H and O–H groups in total. The SMILES string of the molecule is CC(=O)OCC[N+](C)(C)C.c1cncc(C2CCCCN2)c1. The number of nitrogens with one attached hydrogen (secondary N) is 1. The molecule has 1 fully saturated rings. The van der Waals surface area contributed by atoms with Crippen LogP contribution in [-0.2, 0) is 9.53 Å². The molecule has 0 saturated carbocycles. The Bertz CT molecular complexity index is 423. The largest absolute Gasteiger partial charge is 0.460 e. The quantitative estimate of drug-likeness (QED) is 0.684. The number of carbonyl (C=O) groups is 1. The smallest absolute Gasteiger partial charge is 0.302 e. The second-order valence-corrected chi connectivity index (χ2v) is 6.64. The van der Waals surface area contributed by atoms with Crippen LogP contribution in [0.4, 0.5) is 0 Å². The second-order valence-electron chi connectivity index (χ2n) is 6.64. The van der Waals surface area contributed by atoms with Crippen molar-refractivity contribution in [3.63, 3.8) is 0 Å². The lowest BCUT2D eigenvalue weighted by Crippen LogP contribution is -2.37. The van der Waals surface area contributed by atoms with Crippen LogP contribution in [0.3, 0.4) is 0 Å². The van der Waals surface area contributed by atoms with Crippen molar-refractivity contribution in [2.75, 3.05) is 40.8 Å². The molecular formula is C17H30N3O2+. The van der Waals surface area contributed by atoms with Crippen LogP contribution in [0.25, 0.3) is 0 Å². The van der Waals surface area contributed by atoms with Crippen molar-refractivity contribution >= 4 is 5.97 Å². The third-order valence-corrected chi connectivity index (χ3v) is 3.46. The van der Waals surface area contributed by atoms with E-state index in [1.807, 2.05) is 18.5 Å². The van der Waals surface area contributed by atoms with Crippen LogP contribution in [0.1, 0.15) is 37.8 Å². The summed E-state index contributed by atoms with van der Waals surface area (Å²) in [4.78, 5) is 14.4. The highest BCUT2D eigenvalue weighted by Gasteiger charge is 2.13. The molecule has 1 atom stereocenters. The first kappa shape index (κ1) is 18.6. The van der Waals surface area contributed by atoms with E-state index < -0.39 is 0 Å². The van der Waals surface area contributed by atoms with E-state index in [1.165, 1.54) is 31.7 Å². The molecule has 1 unspecified atom stereocenters. The van der Waals surface area contributed by atoms with Crippen molar-refractivity contribution in [3.8, 4) is 0 Å². The maximum Gasteiger partial charge on any atom is 0.302 e. The van der Waals surface area contributed by atoms with Gasteiger partial charge in [0.25, 0.3) is 0 Å². The van der Waals surface area contributed by atoms with Gasteiger partial charge in [-0.1, -0.05) is 12.5 Å². The predicted molar refractivity (Wildman–Crippen MR) is 88.4 cm³/mol. The van der Waals surface area contributed by atoms with Crippen molar-refractivity contribution in [1.82, 2.24) is 10.3 Å². The summed E-state index contributed by atoms with van der Waals surface area (Å²) in [5, 5.41) is 3.50. The second kappa shape index (κ2) is 9.54. The zero-order chi connectivity index (χ0) is 16.4. The zero-order valence-corrected chi connectivity index (χ0v) is 14.3. The van der Waals surface area contributed by atoms with Gasteiger partial charge in [-0.25, -0.2) is 0 Å². The molecule has 5 heteroatoms. The first-order chi connectivity index (χ1) is 10.4. The van der Waals surface area contributed by atoms with Crippen LogP contribution in [0, 0.1) is 0 Å². The minimum Gasteiger partial charge on any atom is -0.460 e. The molecule has 0 amide bonds. The van der Waals surface area contributed by atoms with E-state index in [0.717, 1.165) is 17.6 Å². The summed E-state index contributed by atoms with van der Waals surface area (Å²) in [6.45, 7) is 3.95. The Kier molecular flexibility index (Phi) is 8.06. The summed E-state index contributed by atoms with van der Waals surface area (Å²) in [7, 11) is 6.18. The lowest BCUT2D eigenvalue weighted by Gasteiger charge is -2.23. The Morgan fingerprint density at radius 2 is 2.18 bits per heavy atom. The summed E-state index contributed by atoms with van der Waals surface area (Å²) in [5.74, 6) is -0.201. The Morgan fingerprint density at radius 3 is 2.68 bits per heavy atom. The molecule has 0 aliphatic carbocycles. The maximum atomic E-state index is 10.3. The van der Waals surface area contributed by atoms with Gasteiger partial charge in [0, 0.05) is 25.4 Å². The van der Waals surface area contributed by atoms with Gasteiger partial charge in [-0.15, -0.1) is 0 Å². The standard InChI is InChI=1S/C10H14N2.C7H16NO2/c1-2-7-12-10(5-1)9-4-3-6-11-8-9;1-7(9)10-6-5-8(2,3)4/h3-4,6,8,10,12H,1-2,5,7H2;5-6H2,1-4H3/q;+1. The number of pyridine rings is 1. The molecule has 22 heavy (non-hydrogen) atoms. The van der Waals surface area contributed by atoms with Gasteiger partial charge in [0.1, 0.15) is 13.2 Å². The van der Waals surface area contributed by atoms with Gasteiger partial charge in [0.2, 0.25) is 0 Å². The highest BCUT2D eigenvalue weighted by atomic mass is 16.5. The minimum atomic E-state index is -0.201. The maximum absolute atomic E-state index is 10.3. The predicted octanol–water partition coefficient (Wildman–Crippen LogP) is 2.15. The molecule has 0 spiro atoms. The third-order valence-electron chi connectivity index (χ3n) is 3.46. The molecule has 1 aliphatic rings. The summed E-state index contributed by atoms with van der Waals surface area (Å²) in [6.07, 6.45) is 7.70. The number of ether oxygens (including phenoxy) is 1. The van der Waals surface area contributed by atoms with E-state index in [0.29, 0.717) is 12.6 Å². The number of piperidine rings is 1. The molecule has 1 aliphatic heterocycles. The van der Waals surface area contributed by atoms with Crippen molar-refractivity contribution in [1.29, 1.82) is 0 Å². The molecule has 0 bridgehead atoms. The van der Waals surface area contributed by atoms with Crippen LogP contribution in [0.2, 0.25) is 0 Å². The number of hydrogen-bond acceptors (Lipinski definition) is 4. The molecule has 2 rings (SSSR count). The van der Waals surface area contributed by atoms with Gasteiger partial charge in [-0.2, -0.15) is 0 Å². The molecule has 2 heterocycles. The van der Waals surface area contributed by atoms with Crippen molar-refractivity contribution in [2.24, 2.45) is 0 Å². The van der Waals surface area contributed by atoms with E-state index in [4.69, 9.17) is 4.74 Å². The molecular weight excluding hydrogens is 278 g/mol. The lowest BCUT2D eigenvalue weighted by molar-refractivity contribution is -0.870. The molecule has 124 valence electrons.